The van der Waals surface area contributed by atoms with Crippen molar-refractivity contribution in [1.29, 1.82) is 0 Å². The molecule has 2 rings (SSSR count). The maximum atomic E-state index is 11.6. The highest BCUT2D eigenvalue weighted by atomic mass is 16.5. The molecule has 0 aliphatic heterocycles. The molecular formula is C16H22O2. The van der Waals surface area contributed by atoms with Crippen LogP contribution in [0, 0.1) is 5.92 Å². The molecule has 0 spiro atoms. The molecule has 0 amide bonds. The van der Waals surface area contributed by atoms with Gasteiger partial charge in [-0.1, -0.05) is 30.7 Å². The summed E-state index contributed by atoms with van der Waals surface area (Å²) < 4.78 is 5.61. The van der Waals surface area contributed by atoms with Crippen LogP contribution in [0.15, 0.2) is 36.5 Å². The van der Waals surface area contributed by atoms with Crippen LogP contribution in [0.1, 0.15) is 44.9 Å². The third-order valence-corrected chi connectivity index (χ3v) is 3.75. The van der Waals surface area contributed by atoms with Gasteiger partial charge in [-0.05, 0) is 37.7 Å². The number of esters is 1. The van der Waals surface area contributed by atoms with E-state index in [2.05, 4.69) is 24.8 Å². The number of ether oxygens (including phenoxy) is 1. The molecule has 2 aliphatic rings. The van der Waals surface area contributed by atoms with Crippen molar-refractivity contribution in [2.75, 3.05) is 0 Å². The lowest BCUT2D eigenvalue weighted by atomic mass is 9.79. The van der Waals surface area contributed by atoms with Crippen LogP contribution in [-0.2, 0) is 9.53 Å². The second-order valence-corrected chi connectivity index (χ2v) is 5.10. The van der Waals surface area contributed by atoms with E-state index in [4.69, 9.17) is 4.74 Å². The standard InChI is InChI=1S/C16H22O2/c1-2-8-16(17)18-15-12-7-6-11-14(15)13-9-4-3-5-10-13/h2,4,9-10,14-15H,1,3,5-8,11-12H2/t14-,15+/m0/s1. The van der Waals surface area contributed by atoms with Crippen molar-refractivity contribution in [2.45, 2.75) is 51.0 Å². The molecular weight excluding hydrogens is 224 g/mol. The molecule has 0 bridgehead atoms. The van der Waals surface area contributed by atoms with Crippen LogP contribution in [-0.4, -0.2) is 12.1 Å². The Hall–Kier alpha value is -1.31. The molecule has 0 aromatic rings. The molecule has 0 aromatic heterocycles. The second kappa shape index (κ2) is 6.58. The van der Waals surface area contributed by atoms with Crippen LogP contribution in [0.4, 0.5) is 0 Å². The van der Waals surface area contributed by atoms with Crippen LogP contribution in [0.2, 0.25) is 0 Å². The van der Waals surface area contributed by atoms with Gasteiger partial charge in [0, 0.05) is 5.92 Å². The minimum atomic E-state index is -0.137. The lowest BCUT2D eigenvalue weighted by molar-refractivity contribution is -0.151. The molecule has 2 heteroatoms. The fourth-order valence-electron chi connectivity index (χ4n) is 2.86. The number of hydrogen-bond donors (Lipinski definition) is 0. The lowest BCUT2D eigenvalue weighted by Crippen LogP contribution is -2.31. The van der Waals surface area contributed by atoms with Crippen LogP contribution in [0.3, 0.4) is 0 Å². The molecule has 0 N–H and O–H groups in total. The van der Waals surface area contributed by atoms with E-state index in [1.807, 2.05) is 0 Å². The van der Waals surface area contributed by atoms with E-state index in [0.29, 0.717) is 12.3 Å². The topological polar surface area (TPSA) is 26.3 Å². The summed E-state index contributed by atoms with van der Waals surface area (Å²) in [4.78, 5) is 11.6. The predicted octanol–water partition coefficient (Wildman–Crippen LogP) is 3.94. The Balaban J connectivity index is 2.01. The highest BCUT2D eigenvalue weighted by Crippen LogP contribution is 2.34. The maximum Gasteiger partial charge on any atom is 0.309 e. The summed E-state index contributed by atoms with van der Waals surface area (Å²) in [7, 11) is 0. The van der Waals surface area contributed by atoms with Gasteiger partial charge in [-0.15, -0.1) is 6.58 Å². The normalized spacial score (nSPS) is 27.4. The van der Waals surface area contributed by atoms with E-state index in [1.165, 1.54) is 18.4 Å². The summed E-state index contributed by atoms with van der Waals surface area (Å²) in [6, 6.07) is 0. The molecule has 0 saturated heterocycles. The molecule has 0 aromatic carbocycles. The molecule has 18 heavy (non-hydrogen) atoms. The lowest BCUT2D eigenvalue weighted by Gasteiger charge is -2.32. The quantitative estimate of drug-likeness (QED) is 0.554. The number of carbonyl (C=O) groups excluding carboxylic acids is 1. The van der Waals surface area contributed by atoms with Crippen LogP contribution < -0.4 is 0 Å². The maximum absolute atomic E-state index is 11.6. The van der Waals surface area contributed by atoms with E-state index in [9.17, 15) is 4.79 Å². The molecule has 0 heterocycles. The van der Waals surface area contributed by atoms with E-state index >= 15 is 0 Å². The van der Waals surface area contributed by atoms with Crippen LogP contribution in [0.25, 0.3) is 0 Å². The molecule has 2 atom stereocenters. The van der Waals surface area contributed by atoms with Gasteiger partial charge in [0.25, 0.3) is 0 Å². The Labute approximate surface area is 109 Å². The van der Waals surface area contributed by atoms with Crippen LogP contribution >= 0.6 is 0 Å². The zero-order valence-corrected chi connectivity index (χ0v) is 10.9. The summed E-state index contributed by atoms with van der Waals surface area (Å²) in [5, 5.41) is 0. The molecule has 1 saturated carbocycles. The zero-order valence-electron chi connectivity index (χ0n) is 10.9. The van der Waals surface area contributed by atoms with Crippen molar-refractivity contribution in [3.05, 3.63) is 36.5 Å². The minimum Gasteiger partial charge on any atom is -0.461 e. The van der Waals surface area contributed by atoms with E-state index in [1.54, 1.807) is 6.08 Å². The van der Waals surface area contributed by atoms with Gasteiger partial charge in [0.15, 0.2) is 0 Å². The predicted molar refractivity (Wildman–Crippen MR) is 73.1 cm³/mol. The first-order chi connectivity index (χ1) is 8.81. The first kappa shape index (κ1) is 13.1. The third-order valence-electron chi connectivity index (χ3n) is 3.75. The smallest absolute Gasteiger partial charge is 0.309 e. The Morgan fingerprint density at radius 1 is 1.39 bits per heavy atom. The summed E-state index contributed by atoms with van der Waals surface area (Å²) in [6.45, 7) is 3.58. The molecule has 0 unspecified atom stereocenters. The van der Waals surface area contributed by atoms with E-state index in [-0.39, 0.29) is 12.1 Å². The number of carbonyl (C=O) groups is 1. The van der Waals surface area contributed by atoms with Gasteiger partial charge in [-0.3, -0.25) is 4.79 Å². The molecule has 0 radical (unpaired) electrons. The van der Waals surface area contributed by atoms with E-state index < -0.39 is 0 Å². The summed E-state index contributed by atoms with van der Waals surface area (Å²) >= 11 is 0. The van der Waals surface area contributed by atoms with Gasteiger partial charge in [0.05, 0.1) is 6.42 Å². The zero-order chi connectivity index (χ0) is 12.8. The monoisotopic (exact) mass is 246 g/mol. The van der Waals surface area contributed by atoms with Crippen molar-refractivity contribution in [3.8, 4) is 0 Å². The number of rotatable bonds is 4. The summed E-state index contributed by atoms with van der Waals surface area (Å²) in [5.41, 5.74) is 1.37. The Kier molecular flexibility index (Phi) is 4.80. The Morgan fingerprint density at radius 2 is 2.22 bits per heavy atom. The second-order valence-electron chi connectivity index (χ2n) is 5.10. The van der Waals surface area contributed by atoms with Gasteiger partial charge >= 0.3 is 5.97 Å². The van der Waals surface area contributed by atoms with Crippen molar-refractivity contribution in [2.24, 2.45) is 5.92 Å². The van der Waals surface area contributed by atoms with E-state index in [0.717, 1.165) is 25.7 Å². The fourth-order valence-corrected chi connectivity index (χ4v) is 2.86. The fraction of sp³-hybridized carbons (Fsp3) is 0.562. The molecule has 98 valence electrons. The van der Waals surface area contributed by atoms with Gasteiger partial charge in [-0.2, -0.15) is 0 Å². The van der Waals surface area contributed by atoms with Gasteiger partial charge in [0.2, 0.25) is 0 Å². The van der Waals surface area contributed by atoms with Gasteiger partial charge < -0.3 is 4.74 Å². The number of allylic oxidation sites excluding steroid dienone is 3. The molecule has 2 nitrogen and oxygen atoms in total. The highest BCUT2D eigenvalue weighted by molar-refractivity contribution is 5.71. The Morgan fingerprint density at radius 3 is 2.94 bits per heavy atom. The van der Waals surface area contributed by atoms with Crippen molar-refractivity contribution in [1.82, 2.24) is 0 Å². The Bertz CT molecular complexity index is 365. The van der Waals surface area contributed by atoms with Gasteiger partial charge in [-0.25, -0.2) is 0 Å². The molecule has 2 aliphatic carbocycles. The minimum absolute atomic E-state index is 0.0696. The number of hydrogen-bond acceptors (Lipinski definition) is 2. The first-order valence-corrected chi connectivity index (χ1v) is 6.98. The molecule has 1 fully saturated rings. The highest BCUT2D eigenvalue weighted by Gasteiger charge is 2.30. The summed E-state index contributed by atoms with van der Waals surface area (Å²) in [6.07, 6.45) is 15.6. The van der Waals surface area contributed by atoms with Crippen molar-refractivity contribution < 1.29 is 9.53 Å². The SMILES string of the molecule is C=CCC(=O)O[C@@H]1CCCC[C@H]1C1=CCCC=C1. The van der Waals surface area contributed by atoms with Crippen molar-refractivity contribution >= 4 is 5.97 Å². The first-order valence-electron chi connectivity index (χ1n) is 6.98. The average Bonchev–Trinajstić information content (AvgIpc) is 2.40. The summed E-state index contributed by atoms with van der Waals surface area (Å²) in [5.74, 6) is 0.270. The largest absolute Gasteiger partial charge is 0.461 e. The van der Waals surface area contributed by atoms with Gasteiger partial charge in [0.1, 0.15) is 6.10 Å². The third kappa shape index (κ3) is 3.34. The van der Waals surface area contributed by atoms with Crippen LogP contribution in [0.5, 0.6) is 0 Å². The van der Waals surface area contributed by atoms with Crippen molar-refractivity contribution in [3.63, 3.8) is 0 Å². The average molecular weight is 246 g/mol.